The fraction of sp³-hybridized carbons (Fsp3) is 0.750. The van der Waals surface area contributed by atoms with Gasteiger partial charge in [-0.1, -0.05) is 20.8 Å². The second kappa shape index (κ2) is 12.3. The first kappa shape index (κ1) is 23.0. The van der Waals surface area contributed by atoms with Crippen molar-refractivity contribution in [2.24, 2.45) is 5.41 Å². The fourth-order valence-electron chi connectivity index (χ4n) is 2.51. The van der Waals surface area contributed by atoms with Crippen molar-refractivity contribution in [3.05, 3.63) is 17.0 Å². The normalized spacial score (nSPS) is 19.4. The molecule has 0 N–H and O–H groups in total. The van der Waals surface area contributed by atoms with E-state index in [4.69, 9.17) is 4.74 Å². The van der Waals surface area contributed by atoms with Gasteiger partial charge in [0.15, 0.2) is 6.29 Å². The number of hydrogen-bond donors (Lipinski definition) is 0. The molecule has 2 atom stereocenters. The molecule has 1 aliphatic rings. The lowest BCUT2D eigenvalue weighted by Crippen LogP contribution is -2.30. The van der Waals surface area contributed by atoms with Gasteiger partial charge in [-0.25, -0.2) is 4.45 Å². The number of rotatable bonds is 5. The minimum Gasteiger partial charge on any atom is -0.385 e. The molecule has 0 bridgehead atoms. The van der Waals surface area contributed by atoms with Gasteiger partial charge in [0, 0.05) is 32.1 Å². The Morgan fingerprint density at radius 3 is 2.43 bits per heavy atom. The second-order valence-corrected chi connectivity index (χ2v) is 7.46. The Kier molecular flexibility index (Phi) is 12.3. The van der Waals surface area contributed by atoms with Gasteiger partial charge >= 0.3 is 0 Å². The van der Waals surface area contributed by atoms with E-state index in [0.717, 1.165) is 44.3 Å². The van der Waals surface area contributed by atoms with Crippen molar-refractivity contribution in [3.63, 3.8) is 0 Å². The van der Waals surface area contributed by atoms with Crippen LogP contribution >= 0.6 is 28.4 Å². The van der Waals surface area contributed by atoms with Crippen LogP contribution in [0.4, 0.5) is 0 Å². The zero-order valence-electron chi connectivity index (χ0n) is 15.1. The quantitative estimate of drug-likeness (QED) is 0.377. The molecule has 134 valence electrons. The summed E-state index contributed by atoms with van der Waals surface area (Å²) in [4.78, 5) is 11.0. The van der Waals surface area contributed by atoms with Crippen LogP contribution in [0.15, 0.2) is 0 Å². The van der Waals surface area contributed by atoms with Crippen LogP contribution in [0.5, 0.6) is 0 Å². The van der Waals surface area contributed by atoms with Crippen LogP contribution in [0.1, 0.15) is 55.9 Å². The predicted molar refractivity (Wildman–Crippen MR) is 106 cm³/mol. The third-order valence-corrected chi connectivity index (χ3v) is 5.57. The number of methoxy groups -OCH3 is 2. The lowest BCUT2D eigenvalue weighted by molar-refractivity contribution is 0.0803. The highest BCUT2D eigenvalue weighted by Crippen LogP contribution is 2.39. The molecule has 0 radical (unpaired) electrons. The van der Waals surface area contributed by atoms with Gasteiger partial charge < -0.3 is 9.47 Å². The van der Waals surface area contributed by atoms with Gasteiger partial charge in [0.05, 0.1) is 13.0 Å². The monoisotopic (exact) mass is 456 g/mol. The van der Waals surface area contributed by atoms with Gasteiger partial charge in [-0.05, 0) is 53.6 Å². The summed E-state index contributed by atoms with van der Waals surface area (Å²) in [7, 11) is 3.43. The van der Waals surface area contributed by atoms with E-state index in [0.29, 0.717) is 12.1 Å². The maximum atomic E-state index is 11.0. The largest absolute Gasteiger partial charge is 0.385 e. The summed E-state index contributed by atoms with van der Waals surface area (Å²) in [5, 5.41) is 4.37. The Bertz CT molecular complexity index is 466. The summed E-state index contributed by atoms with van der Waals surface area (Å²) < 4.78 is 11.8. The molecule has 0 saturated heterocycles. The van der Waals surface area contributed by atoms with E-state index in [1.165, 1.54) is 5.69 Å². The van der Waals surface area contributed by atoms with Crippen LogP contribution in [0.2, 0.25) is 0 Å². The van der Waals surface area contributed by atoms with Crippen LogP contribution in [0, 0.1) is 5.41 Å². The number of aldehydes is 1. The predicted octanol–water partition coefficient (Wildman–Crippen LogP) is 4.31. The maximum Gasteiger partial charge on any atom is 0.170 e. The molecule has 1 aliphatic carbocycles. The van der Waals surface area contributed by atoms with E-state index in [1.807, 2.05) is 25.2 Å². The molecule has 0 spiro atoms. The van der Waals surface area contributed by atoms with Crippen molar-refractivity contribution in [1.29, 1.82) is 0 Å². The number of halogens is 1. The average Bonchev–Trinajstić information content (AvgIpc) is 2.93. The zero-order valence-corrected chi connectivity index (χ0v) is 18.3. The Balaban J connectivity index is 0.000000705. The number of hydrogen-bond acceptors (Lipinski definition) is 4. The van der Waals surface area contributed by atoms with Crippen molar-refractivity contribution < 1.29 is 14.3 Å². The molecule has 1 aromatic rings. The summed E-state index contributed by atoms with van der Waals surface area (Å²) in [6, 6.07) is 0. The van der Waals surface area contributed by atoms with Crippen LogP contribution in [-0.2, 0) is 22.3 Å². The molecule has 0 aliphatic heterocycles. The van der Waals surface area contributed by atoms with Gasteiger partial charge in [-0.2, -0.15) is 5.10 Å². The first-order chi connectivity index (χ1) is 11.0. The number of carbonyl (C=O) groups excluding carboxylic acids is 1. The Morgan fingerprint density at radius 2 is 2.00 bits per heavy atom. The molecular weight excluding hydrogens is 426 g/mol. The highest BCUT2D eigenvalue weighted by Gasteiger charge is 2.34. The topological polar surface area (TPSA) is 53.4 Å². The van der Waals surface area contributed by atoms with Crippen molar-refractivity contribution in [2.45, 2.75) is 47.0 Å². The molecule has 23 heavy (non-hydrogen) atoms. The summed E-state index contributed by atoms with van der Waals surface area (Å²) in [6.07, 6.45) is 4.37. The van der Waals surface area contributed by atoms with Crippen molar-refractivity contribution in [1.82, 2.24) is 9.55 Å². The van der Waals surface area contributed by atoms with E-state index in [9.17, 15) is 4.79 Å². The molecular formula is C16H30IN2O3P. The Morgan fingerprint density at radius 1 is 1.39 bits per heavy atom. The van der Waals surface area contributed by atoms with Crippen molar-refractivity contribution in [3.8, 4) is 0 Å². The molecule has 0 amide bonds. The molecule has 7 heteroatoms. The molecule has 1 aromatic heterocycles. The van der Waals surface area contributed by atoms with E-state index in [2.05, 4.69) is 38.8 Å². The number of fused-ring (bicyclic) bond motifs is 1. The highest BCUT2D eigenvalue weighted by molar-refractivity contribution is 14.2. The molecule has 1 heterocycles. The second-order valence-electron chi connectivity index (χ2n) is 5.42. The highest BCUT2D eigenvalue weighted by atomic mass is 127. The van der Waals surface area contributed by atoms with Gasteiger partial charge in [0.2, 0.25) is 0 Å². The number of ether oxygens (including phenoxy) is 2. The first-order valence-corrected chi connectivity index (χ1v) is 12.0. The average molecular weight is 456 g/mol. The third-order valence-electron chi connectivity index (χ3n) is 3.67. The van der Waals surface area contributed by atoms with Gasteiger partial charge in [-0.15, -0.1) is 0 Å². The molecule has 2 rings (SSSR count). The summed E-state index contributed by atoms with van der Waals surface area (Å²) in [5.74, 6) is 0. The molecule has 0 aromatic carbocycles. The van der Waals surface area contributed by atoms with Crippen molar-refractivity contribution in [2.75, 3.05) is 27.4 Å². The van der Waals surface area contributed by atoms with Gasteiger partial charge in [-0.3, -0.25) is 4.79 Å². The third kappa shape index (κ3) is 6.77. The maximum absolute atomic E-state index is 11.0. The minimum absolute atomic E-state index is 0.177. The molecule has 0 fully saturated rings. The van der Waals surface area contributed by atoms with Gasteiger partial charge in [0.25, 0.3) is 0 Å². The summed E-state index contributed by atoms with van der Waals surface area (Å²) >= 11 is 2.30. The van der Waals surface area contributed by atoms with Gasteiger partial charge in [0.1, 0.15) is 5.69 Å². The van der Waals surface area contributed by atoms with E-state index in [1.54, 1.807) is 14.2 Å². The lowest BCUT2D eigenvalue weighted by Gasteiger charge is -2.33. The molecule has 2 unspecified atom stereocenters. The summed E-state index contributed by atoms with van der Waals surface area (Å²) in [5.41, 5.74) is 3.18. The zero-order chi connectivity index (χ0) is 17.9. The van der Waals surface area contributed by atoms with E-state index in [-0.39, 0.29) is 5.41 Å². The smallest absolute Gasteiger partial charge is 0.170 e. The van der Waals surface area contributed by atoms with Crippen molar-refractivity contribution >= 4 is 34.7 Å². The number of nitrogens with zero attached hydrogens (tertiary/aromatic N) is 2. The minimum atomic E-state index is 0.177. The van der Waals surface area contributed by atoms with Crippen LogP contribution in [0.25, 0.3) is 0 Å². The van der Waals surface area contributed by atoms with Crippen LogP contribution in [0.3, 0.4) is 0 Å². The lowest BCUT2D eigenvalue weighted by atomic mass is 9.75. The van der Waals surface area contributed by atoms with Crippen LogP contribution < -0.4 is 0 Å². The van der Waals surface area contributed by atoms with Crippen LogP contribution in [-0.4, -0.2) is 43.3 Å². The number of aromatic nitrogens is 2. The Hall–Kier alpha value is -0.0400. The SMILES string of the molecule is CC.CCOC.COCC1(C)CCc2c(C=O)nn(PI)c2C1. The molecule has 5 nitrogen and oxygen atoms in total. The van der Waals surface area contributed by atoms with E-state index >= 15 is 0 Å². The first-order valence-electron chi connectivity index (χ1n) is 7.95. The van der Waals surface area contributed by atoms with E-state index < -0.39 is 0 Å². The fourth-order valence-corrected chi connectivity index (χ4v) is 4.17. The Labute approximate surface area is 155 Å². The summed E-state index contributed by atoms with van der Waals surface area (Å²) in [6.45, 7) is 9.78. The number of carbonyl (C=O) groups is 1. The standard InChI is InChI=1S/C11H16IN2O2P.C3H8O.C2H6/c1-11(7-16-2)4-3-8-9(6-15)13-14(17-12)10(8)5-11;1-3-4-2;1-2/h6,17H,3-5,7H2,1-2H3;3H2,1-2H3;1-2H3. The molecule has 0 saturated carbocycles.